The lowest BCUT2D eigenvalue weighted by Crippen LogP contribution is -2.27. The Bertz CT molecular complexity index is 291. The summed E-state index contributed by atoms with van der Waals surface area (Å²) < 4.78 is 5.50. The van der Waals surface area contributed by atoms with Gasteiger partial charge < -0.3 is 9.73 Å². The minimum Gasteiger partial charge on any atom is -0.466 e. The molecule has 2 nitrogen and oxygen atoms in total. The monoisotopic (exact) mass is 209 g/mol. The zero-order valence-corrected chi connectivity index (χ0v) is 10.4. The van der Waals surface area contributed by atoms with Crippen LogP contribution in [-0.2, 0) is 6.54 Å². The molecule has 0 aliphatic rings. The molecule has 0 aliphatic heterocycles. The van der Waals surface area contributed by atoms with E-state index in [4.69, 9.17) is 4.42 Å². The Hall–Kier alpha value is -0.760. The molecule has 15 heavy (non-hydrogen) atoms. The summed E-state index contributed by atoms with van der Waals surface area (Å²) in [4.78, 5) is 0. The average molecular weight is 209 g/mol. The first-order valence-corrected chi connectivity index (χ1v) is 5.96. The molecule has 0 saturated carbocycles. The minimum atomic E-state index is 0.643. The van der Waals surface area contributed by atoms with Gasteiger partial charge >= 0.3 is 0 Å². The van der Waals surface area contributed by atoms with Crippen molar-refractivity contribution in [3.8, 4) is 0 Å². The lowest BCUT2D eigenvalue weighted by atomic mass is 10.1. The molecule has 2 heteroatoms. The van der Waals surface area contributed by atoms with Crippen LogP contribution in [0.15, 0.2) is 10.5 Å². The molecule has 0 aliphatic carbocycles. The SMILES string of the molecule is CCCC(CC)NCc1cc(C)oc1C. The average Bonchev–Trinajstić information content (AvgIpc) is 2.52. The third kappa shape index (κ3) is 3.71. The van der Waals surface area contributed by atoms with Crippen LogP contribution in [0.3, 0.4) is 0 Å². The molecule has 0 radical (unpaired) electrons. The van der Waals surface area contributed by atoms with Crippen LogP contribution in [0, 0.1) is 13.8 Å². The van der Waals surface area contributed by atoms with Crippen molar-refractivity contribution in [3.05, 3.63) is 23.2 Å². The first kappa shape index (κ1) is 12.3. The Labute approximate surface area is 93.1 Å². The van der Waals surface area contributed by atoms with Gasteiger partial charge in [-0.1, -0.05) is 20.3 Å². The number of rotatable bonds is 6. The summed E-state index contributed by atoms with van der Waals surface area (Å²) in [5.74, 6) is 2.05. The fraction of sp³-hybridized carbons (Fsp3) is 0.692. The molecule has 0 spiro atoms. The molecule has 1 unspecified atom stereocenters. The smallest absolute Gasteiger partial charge is 0.105 e. The zero-order valence-electron chi connectivity index (χ0n) is 10.4. The van der Waals surface area contributed by atoms with Gasteiger partial charge in [0.15, 0.2) is 0 Å². The van der Waals surface area contributed by atoms with Gasteiger partial charge in [0.25, 0.3) is 0 Å². The molecule has 1 N–H and O–H groups in total. The van der Waals surface area contributed by atoms with Crippen molar-refractivity contribution in [2.75, 3.05) is 0 Å². The fourth-order valence-corrected chi connectivity index (χ4v) is 1.91. The van der Waals surface area contributed by atoms with Crippen molar-refractivity contribution in [3.63, 3.8) is 0 Å². The Morgan fingerprint density at radius 2 is 2.07 bits per heavy atom. The van der Waals surface area contributed by atoms with Crippen LogP contribution < -0.4 is 5.32 Å². The maximum atomic E-state index is 5.50. The highest BCUT2D eigenvalue weighted by Crippen LogP contribution is 2.14. The largest absolute Gasteiger partial charge is 0.466 e. The van der Waals surface area contributed by atoms with Crippen molar-refractivity contribution in [2.45, 2.75) is 59.5 Å². The second kappa shape index (κ2) is 5.96. The normalized spacial score (nSPS) is 13.1. The van der Waals surface area contributed by atoms with Crippen LogP contribution in [0.25, 0.3) is 0 Å². The molecule has 1 rings (SSSR count). The van der Waals surface area contributed by atoms with Crippen LogP contribution in [-0.4, -0.2) is 6.04 Å². The van der Waals surface area contributed by atoms with E-state index >= 15 is 0 Å². The van der Waals surface area contributed by atoms with Gasteiger partial charge in [-0.3, -0.25) is 0 Å². The van der Waals surface area contributed by atoms with E-state index in [-0.39, 0.29) is 0 Å². The van der Waals surface area contributed by atoms with Gasteiger partial charge in [0, 0.05) is 18.2 Å². The highest BCUT2D eigenvalue weighted by atomic mass is 16.3. The van der Waals surface area contributed by atoms with Crippen molar-refractivity contribution >= 4 is 0 Å². The van der Waals surface area contributed by atoms with E-state index in [1.807, 2.05) is 13.8 Å². The molecule has 86 valence electrons. The summed E-state index contributed by atoms with van der Waals surface area (Å²) in [6, 6.07) is 2.77. The third-order valence-corrected chi connectivity index (χ3v) is 2.85. The van der Waals surface area contributed by atoms with Gasteiger partial charge in [0.05, 0.1) is 0 Å². The molecule has 0 aromatic carbocycles. The summed E-state index contributed by atoms with van der Waals surface area (Å²) in [5, 5.41) is 3.58. The van der Waals surface area contributed by atoms with E-state index in [1.165, 1.54) is 24.8 Å². The predicted octanol–water partition coefficient (Wildman–Crippen LogP) is 3.56. The van der Waals surface area contributed by atoms with Gasteiger partial charge in [-0.2, -0.15) is 0 Å². The molecule has 1 atom stereocenters. The topological polar surface area (TPSA) is 25.2 Å². The van der Waals surface area contributed by atoms with Gasteiger partial charge in [-0.05, 0) is 32.8 Å². The highest BCUT2D eigenvalue weighted by molar-refractivity contribution is 5.19. The quantitative estimate of drug-likeness (QED) is 0.775. The van der Waals surface area contributed by atoms with Crippen LogP contribution >= 0.6 is 0 Å². The second-order valence-electron chi connectivity index (χ2n) is 4.21. The van der Waals surface area contributed by atoms with E-state index in [0.717, 1.165) is 18.1 Å². The minimum absolute atomic E-state index is 0.643. The molecule has 0 bridgehead atoms. The number of aryl methyl sites for hydroxylation is 2. The number of furan rings is 1. The van der Waals surface area contributed by atoms with Crippen LogP contribution in [0.5, 0.6) is 0 Å². The summed E-state index contributed by atoms with van der Waals surface area (Å²) in [7, 11) is 0. The van der Waals surface area contributed by atoms with E-state index < -0.39 is 0 Å². The Morgan fingerprint density at radius 1 is 1.33 bits per heavy atom. The van der Waals surface area contributed by atoms with Crippen molar-refractivity contribution in [1.29, 1.82) is 0 Å². The second-order valence-corrected chi connectivity index (χ2v) is 4.21. The van der Waals surface area contributed by atoms with E-state index in [2.05, 4.69) is 25.2 Å². The Balaban J connectivity index is 2.44. The first-order chi connectivity index (χ1) is 7.17. The maximum absolute atomic E-state index is 5.50. The van der Waals surface area contributed by atoms with E-state index in [0.29, 0.717) is 6.04 Å². The number of nitrogens with one attached hydrogen (secondary N) is 1. The maximum Gasteiger partial charge on any atom is 0.105 e. The van der Waals surface area contributed by atoms with E-state index in [9.17, 15) is 0 Å². The van der Waals surface area contributed by atoms with Crippen molar-refractivity contribution < 1.29 is 4.42 Å². The summed E-state index contributed by atoms with van der Waals surface area (Å²) in [6.45, 7) is 9.44. The zero-order chi connectivity index (χ0) is 11.3. The molecule has 0 saturated heterocycles. The van der Waals surface area contributed by atoms with Crippen molar-refractivity contribution in [1.82, 2.24) is 5.32 Å². The lowest BCUT2D eigenvalue weighted by molar-refractivity contribution is 0.455. The molecule has 1 aromatic heterocycles. The van der Waals surface area contributed by atoms with Gasteiger partial charge in [-0.15, -0.1) is 0 Å². The van der Waals surface area contributed by atoms with Gasteiger partial charge in [0.1, 0.15) is 11.5 Å². The van der Waals surface area contributed by atoms with Crippen molar-refractivity contribution in [2.24, 2.45) is 0 Å². The molecule has 1 heterocycles. The number of hydrogen-bond acceptors (Lipinski definition) is 2. The molecule has 1 aromatic rings. The molecular weight excluding hydrogens is 186 g/mol. The standard InChI is InChI=1S/C13H23NO/c1-5-7-13(6-2)14-9-12-8-10(3)15-11(12)4/h8,13-14H,5-7,9H2,1-4H3. The summed E-state index contributed by atoms with van der Waals surface area (Å²) in [5.41, 5.74) is 1.29. The summed E-state index contributed by atoms with van der Waals surface area (Å²) in [6.07, 6.45) is 3.70. The Morgan fingerprint density at radius 3 is 2.53 bits per heavy atom. The van der Waals surface area contributed by atoms with Gasteiger partial charge in [0.2, 0.25) is 0 Å². The predicted molar refractivity (Wildman–Crippen MR) is 64.0 cm³/mol. The lowest BCUT2D eigenvalue weighted by Gasteiger charge is -2.15. The van der Waals surface area contributed by atoms with E-state index in [1.54, 1.807) is 0 Å². The van der Waals surface area contributed by atoms with Crippen LogP contribution in [0.4, 0.5) is 0 Å². The molecular formula is C13H23NO. The fourth-order valence-electron chi connectivity index (χ4n) is 1.91. The number of hydrogen-bond donors (Lipinski definition) is 1. The molecule has 0 amide bonds. The highest BCUT2D eigenvalue weighted by Gasteiger charge is 2.07. The van der Waals surface area contributed by atoms with Crippen LogP contribution in [0.1, 0.15) is 50.2 Å². The summed E-state index contributed by atoms with van der Waals surface area (Å²) >= 11 is 0. The first-order valence-electron chi connectivity index (χ1n) is 5.96. The molecule has 0 fully saturated rings. The Kier molecular flexibility index (Phi) is 4.89. The van der Waals surface area contributed by atoms with Gasteiger partial charge in [-0.25, -0.2) is 0 Å². The third-order valence-electron chi connectivity index (χ3n) is 2.85. The van der Waals surface area contributed by atoms with Crippen LogP contribution in [0.2, 0.25) is 0 Å².